The van der Waals surface area contributed by atoms with Crippen molar-refractivity contribution in [3.63, 3.8) is 0 Å². The van der Waals surface area contributed by atoms with Crippen molar-refractivity contribution in [3.05, 3.63) is 29.3 Å². The lowest BCUT2D eigenvalue weighted by atomic mass is 10.0. The van der Waals surface area contributed by atoms with E-state index in [-0.39, 0.29) is 5.97 Å². The largest absolute Gasteiger partial charge is 0.465 e. The van der Waals surface area contributed by atoms with Crippen LogP contribution in [0.2, 0.25) is 0 Å². The average Bonchev–Trinajstić information content (AvgIpc) is 2.92. The normalized spacial score (nSPS) is 18.8. The van der Waals surface area contributed by atoms with E-state index in [2.05, 4.69) is 4.90 Å². The molecule has 0 amide bonds. The maximum absolute atomic E-state index is 11.8. The third-order valence-corrected chi connectivity index (χ3v) is 3.52. The van der Waals surface area contributed by atoms with E-state index in [1.165, 1.54) is 7.11 Å². The molecule has 2 rings (SSSR count). The van der Waals surface area contributed by atoms with Gasteiger partial charge in [0.05, 0.1) is 19.3 Å². The smallest absolute Gasteiger partial charge is 0.340 e. The molecule has 0 radical (unpaired) electrons. The Balaban J connectivity index is 2.19. The summed E-state index contributed by atoms with van der Waals surface area (Å²) in [7, 11) is 3.40. The minimum atomic E-state index is -0.385. The fourth-order valence-corrected chi connectivity index (χ4v) is 2.37. The van der Waals surface area contributed by atoms with E-state index in [1.807, 2.05) is 19.2 Å². The minimum Gasteiger partial charge on any atom is -0.465 e. The van der Waals surface area contributed by atoms with Crippen LogP contribution >= 0.6 is 0 Å². The molecule has 104 valence electrons. The molecule has 1 heterocycles. The number of ether oxygens (including phenoxy) is 2. The first-order chi connectivity index (χ1) is 9.13. The van der Waals surface area contributed by atoms with Crippen molar-refractivity contribution in [1.29, 1.82) is 0 Å². The Kier molecular flexibility index (Phi) is 4.39. The second-order valence-electron chi connectivity index (χ2n) is 4.81. The van der Waals surface area contributed by atoms with E-state index in [1.54, 1.807) is 6.07 Å². The zero-order valence-electron chi connectivity index (χ0n) is 11.4. The first-order valence-corrected chi connectivity index (χ1v) is 6.37. The molecular weight excluding hydrogens is 244 g/mol. The topological polar surface area (TPSA) is 64.8 Å². The van der Waals surface area contributed by atoms with Gasteiger partial charge < -0.3 is 15.2 Å². The van der Waals surface area contributed by atoms with Gasteiger partial charge in [-0.2, -0.15) is 0 Å². The quantitative estimate of drug-likeness (QED) is 0.655. The summed E-state index contributed by atoms with van der Waals surface area (Å²) in [5, 5.41) is 0. The molecule has 2 N–H and O–H groups in total. The molecule has 0 bridgehead atoms. The molecule has 5 heteroatoms. The van der Waals surface area contributed by atoms with Crippen molar-refractivity contribution in [3.8, 4) is 0 Å². The zero-order chi connectivity index (χ0) is 13.8. The van der Waals surface area contributed by atoms with E-state index in [0.717, 1.165) is 25.2 Å². The third kappa shape index (κ3) is 3.05. The Hall–Kier alpha value is -1.59. The van der Waals surface area contributed by atoms with Gasteiger partial charge in [0.15, 0.2) is 0 Å². The first kappa shape index (κ1) is 13.8. The number of likely N-dealkylation sites (N-methyl/N-ethyl adjacent to an activating group) is 1. The molecule has 5 nitrogen and oxygen atoms in total. The Bertz CT molecular complexity index is 456. The molecule has 0 spiro atoms. The maximum atomic E-state index is 11.8. The standard InChI is InChI=1S/C14H20N2O3/c1-16(11-6-7-19-9-11)8-10-4-3-5-12(15)13(10)14(17)18-2/h3-5,11H,6-9,15H2,1-2H3. The fourth-order valence-electron chi connectivity index (χ4n) is 2.37. The van der Waals surface area contributed by atoms with Crippen LogP contribution in [0, 0.1) is 0 Å². The Labute approximate surface area is 113 Å². The van der Waals surface area contributed by atoms with E-state index in [4.69, 9.17) is 15.2 Å². The number of hydrogen-bond acceptors (Lipinski definition) is 5. The van der Waals surface area contributed by atoms with E-state index in [9.17, 15) is 4.79 Å². The Morgan fingerprint density at radius 3 is 3.00 bits per heavy atom. The van der Waals surface area contributed by atoms with Crippen molar-refractivity contribution in [2.45, 2.75) is 19.0 Å². The molecular formula is C14H20N2O3. The highest BCUT2D eigenvalue weighted by molar-refractivity contribution is 5.96. The molecule has 1 unspecified atom stereocenters. The fraction of sp³-hybridized carbons (Fsp3) is 0.500. The van der Waals surface area contributed by atoms with E-state index < -0.39 is 0 Å². The van der Waals surface area contributed by atoms with Gasteiger partial charge in [-0.15, -0.1) is 0 Å². The van der Waals surface area contributed by atoms with Gasteiger partial charge in [0.1, 0.15) is 0 Å². The molecule has 1 aromatic carbocycles. The highest BCUT2D eigenvalue weighted by Gasteiger charge is 2.23. The monoisotopic (exact) mass is 264 g/mol. The van der Waals surface area contributed by atoms with Crippen LogP contribution in [0.1, 0.15) is 22.3 Å². The molecule has 0 aliphatic carbocycles. The van der Waals surface area contributed by atoms with Gasteiger partial charge in [-0.05, 0) is 25.1 Å². The summed E-state index contributed by atoms with van der Waals surface area (Å²) in [4.78, 5) is 14.0. The van der Waals surface area contributed by atoms with Crippen molar-refractivity contribution < 1.29 is 14.3 Å². The summed E-state index contributed by atoms with van der Waals surface area (Å²) in [6.07, 6.45) is 1.02. The van der Waals surface area contributed by atoms with Gasteiger partial charge in [-0.1, -0.05) is 12.1 Å². The van der Waals surface area contributed by atoms with Gasteiger partial charge in [0.2, 0.25) is 0 Å². The summed E-state index contributed by atoms with van der Waals surface area (Å²) < 4.78 is 10.2. The lowest BCUT2D eigenvalue weighted by Crippen LogP contribution is -2.32. The molecule has 1 saturated heterocycles. The van der Waals surface area contributed by atoms with Crippen LogP contribution in [0.3, 0.4) is 0 Å². The van der Waals surface area contributed by atoms with Crippen LogP contribution in [0.15, 0.2) is 18.2 Å². The number of esters is 1. The van der Waals surface area contributed by atoms with Crippen LogP contribution in [0.4, 0.5) is 5.69 Å². The van der Waals surface area contributed by atoms with E-state index >= 15 is 0 Å². The van der Waals surface area contributed by atoms with Crippen molar-refractivity contribution in [1.82, 2.24) is 4.90 Å². The maximum Gasteiger partial charge on any atom is 0.340 e. The van der Waals surface area contributed by atoms with Crippen molar-refractivity contribution in [2.75, 3.05) is 33.1 Å². The Morgan fingerprint density at radius 1 is 1.58 bits per heavy atom. The first-order valence-electron chi connectivity index (χ1n) is 6.37. The number of carbonyl (C=O) groups is 1. The van der Waals surface area contributed by atoms with Gasteiger partial charge in [-0.3, -0.25) is 4.90 Å². The number of rotatable bonds is 4. The predicted octanol–water partition coefficient (Wildman–Crippen LogP) is 1.28. The zero-order valence-corrected chi connectivity index (χ0v) is 11.4. The molecule has 0 aromatic heterocycles. The second kappa shape index (κ2) is 6.04. The number of carbonyl (C=O) groups excluding carboxylic acids is 1. The predicted molar refractivity (Wildman–Crippen MR) is 72.9 cm³/mol. The molecule has 19 heavy (non-hydrogen) atoms. The average molecular weight is 264 g/mol. The van der Waals surface area contributed by atoms with Gasteiger partial charge in [-0.25, -0.2) is 4.79 Å². The summed E-state index contributed by atoms with van der Waals surface area (Å²) >= 11 is 0. The summed E-state index contributed by atoms with van der Waals surface area (Å²) in [6, 6.07) is 5.88. The molecule has 1 aliphatic rings. The Morgan fingerprint density at radius 2 is 2.37 bits per heavy atom. The van der Waals surface area contributed by atoms with Crippen LogP contribution in [0.5, 0.6) is 0 Å². The molecule has 1 fully saturated rings. The van der Waals surface area contributed by atoms with Crippen LogP contribution in [-0.2, 0) is 16.0 Å². The van der Waals surface area contributed by atoms with Crippen LogP contribution in [0.25, 0.3) is 0 Å². The highest BCUT2D eigenvalue weighted by atomic mass is 16.5. The van der Waals surface area contributed by atoms with Gasteiger partial charge in [0, 0.05) is 24.9 Å². The van der Waals surface area contributed by atoms with Crippen LogP contribution < -0.4 is 5.73 Å². The SMILES string of the molecule is COC(=O)c1c(N)cccc1CN(C)C1CCOC1. The van der Waals surface area contributed by atoms with E-state index in [0.29, 0.717) is 23.8 Å². The molecule has 1 atom stereocenters. The molecule has 0 saturated carbocycles. The molecule has 1 aliphatic heterocycles. The third-order valence-electron chi connectivity index (χ3n) is 3.52. The lowest BCUT2D eigenvalue weighted by Gasteiger charge is -2.24. The summed E-state index contributed by atoms with van der Waals surface area (Å²) in [6.45, 7) is 2.20. The number of methoxy groups -OCH3 is 1. The minimum absolute atomic E-state index is 0.385. The molecule has 1 aromatic rings. The summed E-state index contributed by atoms with van der Waals surface area (Å²) in [5.41, 5.74) is 7.70. The number of hydrogen-bond donors (Lipinski definition) is 1. The van der Waals surface area contributed by atoms with Crippen molar-refractivity contribution >= 4 is 11.7 Å². The number of nitrogens with two attached hydrogens (primary N) is 1. The van der Waals surface area contributed by atoms with Gasteiger partial charge in [0.25, 0.3) is 0 Å². The summed E-state index contributed by atoms with van der Waals surface area (Å²) in [5.74, 6) is -0.385. The second-order valence-corrected chi connectivity index (χ2v) is 4.81. The number of benzene rings is 1. The highest BCUT2D eigenvalue weighted by Crippen LogP contribution is 2.21. The number of nitrogens with zero attached hydrogens (tertiary/aromatic N) is 1. The van der Waals surface area contributed by atoms with Crippen LogP contribution in [-0.4, -0.2) is 44.3 Å². The van der Waals surface area contributed by atoms with Gasteiger partial charge >= 0.3 is 5.97 Å². The number of anilines is 1. The van der Waals surface area contributed by atoms with Crippen molar-refractivity contribution in [2.24, 2.45) is 0 Å². The number of nitrogen functional groups attached to an aromatic ring is 1. The lowest BCUT2D eigenvalue weighted by molar-refractivity contribution is 0.0599.